The minimum Gasteiger partial charge on any atom is -0.324 e. The van der Waals surface area contributed by atoms with Gasteiger partial charge in [0.15, 0.2) is 0 Å². The van der Waals surface area contributed by atoms with Crippen LogP contribution in [0.1, 0.15) is 13.3 Å². The van der Waals surface area contributed by atoms with Gasteiger partial charge >= 0.3 is 0 Å². The first-order chi connectivity index (χ1) is 12.5. The Hall–Kier alpha value is -2.14. The third-order valence-corrected chi connectivity index (χ3v) is 6.79. The van der Waals surface area contributed by atoms with Gasteiger partial charge in [0.2, 0.25) is 17.7 Å². The van der Waals surface area contributed by atoms with Crippen molar-refractivity contribution >= 4 is 35.0 Å². The SMILES string of the molecule is C[C@H](C(=O)Nc1cccc(Cl)c1)N1C(=O)[C@@H]2[C@@H]3C=C[C@H]([C@H]4C[C@H]34)[C@@H]2C1=O. The molecule has 2 bridgehead atoms. The van der Waals surface area contributed by atoms with Gasteiger partial charge in [-0.3, -0.25) is 19.3 Å². The highest BCUT2D eigenvalue weighted by Gasteiger charge is 2.67. The van der Waals surface area contributed by atoms with Crippen LogP contribution in [0.5, 0.6) is 0 Å². The van der Waals surface area contributed by atoms with E-state index in [1.807, 2.05) is 0 Å². The topological polar surface area (TPSA) is 66.5 Å². The molecule has 6 rings (SSSR count). The molecule has 5 nitrogen and oxygen atoms in total. The van der Waals surface area contributed by atoms with Crippen molar-refractivity contribution < 1.29 is 14.4 Å². The summed E-state index contributed by atoms with van der Waals surface area (Å²) in [7, 11) is 0. The third kappa shape index (κ3) is 2.13. The smallest absolute Gasteiger partial charge is 0.247 e. The number of amides is 3. The number of hydrogen-bond donors (Lipinski definition) is 1. The molecule has 1 N–H and O–H groups in total. The Morgan fingerprint density at radius 1 is 1.15 bits per heavy atom. The van der Waals surface area contributed by atoms with Gasteiger partial charge in [0.1, 0.15) is 6.04 Å². The van der Waals surface area contributed by atoms with Crippen molar-refractivity contribution in [2.45, 2.75) is 19.4 Å². The second kappa shape index (κ2) is 5.43. The number of likely N-dealkylation sites (tertiary alicyclic amines) is 1. The van der Waals surface area contributed by atoms with Gasteiger partial charge in [0, 0.05) is 10.7 Å². The average molecular weight is 371 g/mol. The molecule has 4 aliphatic carbocycles. The summed E-state index contributed by atoms with van der Waals surface area (Å²) in [5, 5.41) is 3.26. The highest BCUT2D eigenvalue weighted by molar-refractivity contribution is 6.30. The van der Waals surface area contributed by atoms with Crippen LogP contribution < -0.4 is 5.32 Å². The molecule has 2 saturated carbocycles. The minimum absolute atomic E-state index is 0.166. The van der Waals surface area contributed by atoms with Crippen molar-refractivity contribution in [1.29, 1.82) is 0 Å². The molecule has 6 heteroatoms. The van der Waals surface area contributed by atoms with E-state index in [0.29, 0.717) is 22.5 Å². The zero-order valence-electron chi connectivity index (χ0n) is 14.3. The summed E-state index contributed by atoms with van der Waals surface area (Å²) < 4.78 is 0. The fraction of sp³-hybridized carbons (Fsp3) is 0.450. The number of rotatable bonds is 3. The van der Waals surface area contributed by atoms with Crippen LogP contribution in [0.4, 0.5) is 5.69 Å². The van der Waals surface area contributed by atoms with Crippen molar-refractivity contribution in [3.05, 3.63) is 41.4 Å². The number of carbonyl (C=O) groups is 3. The summed E-state index contributed by atoms with van der Waals surface area (Å²) in [5.74, 6) is 0.150. The van der Waals surface area contributed by atoms with Crippen LogP contribution in [-0.2, 0) is 14.4 Å². The Balaban J connectivity index is 1.38. The van der Waals surface area contributed by atoms with E-state index in [9.17, 15) is 14.4 Å². The summed E-state index contributed by atoms with van der Waals surface area (Å²) in [6, 6.07) is 5.97. The molecule has 0 spiro atoms. The fourth-order valence-electron chi connectivity index (χ4n) is 5.29. The van der Waals surface area contributed by atoms with Gasteiger partial charge in [-0.1, -0.05) is 29.8 Å². The van der Waals surface area contributed by atoms with Crippen molar-refractivity contribution in [3.8, 4) is 0 Å². The Kier molecular flexibility index (Phi) is 3.35. The van der Waals surface area contributed by atoms with Crippen molar-refractivity contribution in [1.82, 2.24) is 4.90 Å². The molecule has 7 atom stereocenters. The maximum absolute atomic E-state index is 13.0. The molecule has 5 aliphatic rings. The quantitative estimate of drug-likeness (QED) is 0.657. The summed E-state index contributed by atoms with van der Waals surface area (Å²) in [6.07, 6.45) is 5.39. The molecule has 26 heavy (non-hydrogen) atoms. The predicted octanol–water partition coefficient (Wildman–Crippen LogP) is 2.72. The largest absolute Gasteiger partial charge is 0.324 e. The van der Waals surface area contributed by atoms with Crippen LogP contribution in [0.15, 0.2) is 36.4 Å². The average Bonchev–Trinajstić information content (AvgIpc) is 3.39. The van der Waals surface area contributed by atoms with Gasteiger partial charge in [0.25, 0.3) is 0 Å². The van der Waals surface area contributed by atoms with Crippen molar-refractivity contribution in [2.75, 3.05) is 5.32 Å². The van der Waals surface area contributed by atoms with E-state index in [2.05, 4.69) is 17.5 Å². The first-order valence-electron chi connectivity index (χ1n) is 9.09. The second-order valence-electron chi connectivity index (χ2n) is 7.88. The van der Waals surface area contributed by atoms with Gasteiger partial charge in [-0.15, -0.1) is 0 Å². The van der Waals surface area contributed by atoms with Crippen LogP contribution in [-0.4, -0.2) is 28.7 Å². The number of benzene rings is 1. The number of halogens is 1. The zero-order valence-corrected chi connectivity index (χ0v) is 15.0. The molecule has 0 unspecified atom stereocenters. The molecule has 1 aliphatic heterocycles. The molecule has 3 fully saturated rings. The van der Waals surface area contributed by atoms with Crippen LogP contribution in [0.25, 0.3) is 0 Å². The fourth-order valence-corrected chi connectivity index (χ4v) is 5.48. The molecule has 134 valence electrons. The van der Waals surface area contributed by atoms with E-state index >= 15 is 0 Å². The van der Waals surface area contributed by atoms with Gasteiger partial charge in [-0.05, 0) is 55.2 Å². The first-order valence-corrected chi connectivity index (χ1v) is 9.47. The molecule has 1 saturated heterocycles. The summed E-state index contributed by atoms with van der Waals surface area (Å²) in [6.45, 7) is 1.61. The molecule has 0 aromatic heterocycles. The maximum atomic E-state index is 13.0. The maximum Gasteiger partial charge on any atom is 0.247 e. The van der Waals surface area contributed by atoms with Gasteiger partial charge in [0.05, 0.1) is 11.8 Å². The first kappa shape index (κ1) is 16.1. The standard InChI is InChI=1S/C20H19ClN2O3/c1-9(18(24)22-11-4-2-3-10(21)7-11)23-19(25)16-12-5-6-13(15-8-14(12)15)17(16)20(23)26/h2-7,9,12-17H,8H2,1H3,(H,22,24)/t9-,12-,13-,14-,15-,16-,17+/m1/s1. The second-order valence-corrected chi connectivity index (χ2v) is 8.31. The lowest BCUT2D eigenvalue weighted by Crippen LogP contribution is -2.46. The molecule has 0 radical (unpaired) electrons. The highest BCUT2D eigenvalue weighted by atomic mass is 35.5. The lowest BCUT2D eigenvalue weighted by atomic mass is 9.63. The molecule has 1 aromatic rings. The van der Waals surface area contributed by atoms with Crippen LogP contribution >= 0.6 is 11.6 Å². The van der Waals surface area contributed by atoms with Crippen LogP contribution in [0.2, 0.25) is 5.02 Å². The van der Waals surface area contributed by atoms with Gasteiger partial charge in [-0.25, -0.2) is 0 Å². The minimum atomic E-state index is -0.838. The summed E-state index contributed by atoms with van der Waals surface area (Å²) >= 11 is 5.94. The number of imide groups is 1. The Morgan fingerprint density at radius 3 is 2.35 bits per heavy atom. The summed E-state index contributed by atoms with van der Waals surface area (Å²) in [5.41, 5.74) is 0.550. The van der Waals surface area contributed by atoms with Crippen LogP contribution in [0.3, 0.4) is 0 Å². The Bertz CT molecular complexity index is 830. The lowest BCUT2D eigenvalue weighted by Gasteiger charge is -2.37. The van der Waals surface area contributed by atoms with Crippen molar-refractivity contribution in [3.63, 3.8) is 0 Å². The number of nitrogens with one attached hydrogen (secondary N) is 1. The van der Waals surface area contributed by atoms with Crippen LogP contribution in [0, 0.1) is 35.5 Å². The molecule has 1 heterocycles. The molecule has 3 amide bonds. The Morgan fingerprint density at radius 2 is 1.77 bits per heavy atom. The third-order valence-electron chi connectivity index (χ3n) is 6.56. The summed E-state index contributed by atoms with van der Waals surface area (Å²) in [4.78, 5) is 39.9. The van der Waals surface area contributed by atoms with Gasteiger partial charge in [-0.2, -0.15) is 0 Å². The molecular formula is C20H19ClN2O3. The van der Waals surface area contributed by atoms with E-state index in [0.717, 1.165) is 6.42 Å². The zero-order chi connectivity index (χ0) is 18.2. The lowest BCUT2D eigenvalue weighted by molar-refractivity contribution is -0.146. The Labute approximate surface area is 156 Å². The number of hydrogen-bond acceptors (Lipinski definition) is 3. The number of carbonyl (C=O) groups excluding carboxylic acids is 3. The molecule has 1 aromatic carbocycles. The van der Waals surface area contributed by atoms with E-state index in [1.165, 1.54) is 4.90 Å². The monoisotopic (exact) mass is 370 g/mol. The highest BCUT2D eigenvalue weighted by Crippen LogP contribution is 2.65. The predicted molar refractivity (Wildman–Crippen MR) is 96.1 cm³/mol. The number of allylic oxidation sites excluding steroid dienone is 2. The van der Waals surface area contributed by atoms with E-state index in [-0.39, 0.29) is 41.4 Å². The van der Waals surface area contributed by atoms with E-state index in [1.54, 1.807) is 31.2 Å². The van der Waals surface area contributed by atoms with E-state index < -0.39 is 6.04 Å². The van der Waals surface area contributed by atoms with Gasteiger partial charge < -0.3 is 5.32 Å². The van der Waals surface area contributed by atoms with E-state index in [4.69, 9.17) is 11.6 Å². The van der Waals surface area contributed by atoms with Crippen molar-refractivity contribution in [2.24, 2.45) is 35.5 Å². The number of anilines is 1. The number of nitrogens with zero attached hydrogens (tertiary/aromatic N) is 1. The molecular weight excluding hydrogens is 352 g/mol. The normalized spacial score (nSPS) is 37.4.